The number of benzene rings is 3. The molecule has 3 aromatic carbocycles. The van der Waals surface area contributed by atoms with Crippen molar-refractivity contribution in [2.45, 2.75) is 25.8 Å². The van der Waals surface area contributed by atoms with Crippen molar-refractivity contribution >= 4 is 55.2 Å². The zero-order valence-electron chi connectivity index (χ0n) is 24.5. The molecule has 0 radical (unpaired) electrons. The lowest BCUT2D eigenvalue weighted by Crippen LogP contribution is -2.32. The number of hydrogen-bond donors (Lipinski definition) is 2. The SMILES string of the molecule is O=C(O)Oc1nc(N2CCc3cccc(C(=O)Nc4nc5ccccc5s4)c3C2)sc1CCCOc1ccc(-n2cccn2)cc1. The molecule has 0 aliphatic carbocycles. The van der Waals surface area contributed by atoms with Crippen molar-refractivity contribution in [3.8, 4) is 17.3 Å². The van der Waals surface area contributed by atoms with E-state index in [0.717, 1.165) is 37.7 Å². The molecule has 0 saturated heterocycles. The van der Waals surface area contributed by atoms with Crippen LogP contribution in [0, 0.1) is 0 Å². The highest BCUT2D eigenvalue weighted by Gasteiger charge is 2.26. The van der Waals surface area contributed by atoms with Crippen molar-refractivity contribution in [2.24, 2.45) is 0 Å². The van der Waals surface area contributed by atoms with Gasteiger partial charge in [-0.2, -0.15) is 10.1 Å². The van der Waals surface area contributed by atoms with E-state index in [9.17, 15) is 14.7 Å². The summed E-state index contributed by atoms with van der Waals surface area (Å²) in [6, 6.07) is 23.0. The Hall–Kier alpha value is -5.27. The topological polar surface area (TPSA) is 132 Å². The number of aromatic nitrogens is 4. The van der Waals surface area contributed by atoms with Crippen molar-refractivity contribution in [2.75, 3.05) is 23.4 Å². The molecule has 232 valence electrons. The van der Waals surface area contributed by atoms with Gasteiger partial charge in [0.05, 0.1) is 27.4 Å². The maximum absolute atomic E-state index is 13.4. The number of nitrogens with zero attached hydrogens (tertiary/aromatic N) is 5. The van der Waals surface area contributed by atoms with Gasteiger partial charge in [0.25, 0.3) is 5.91 Å². The summed E-state index contributed by atoms with van der Waals surface area (Å²) in [5.41, 5.74) is 4.37. The van der Waals surface area contributed by atoms with Crippen LogP contribution in [0.1, 0.15) is 32.8 Å². The Kier molecular flexibility index (Phi) is 8.31. The number of hydrogen-bond acceptors (Lipinski definition) is 10. The van der Waals surface area contributed by atoms with Crippen molar-refractivity contribution in [3.63, 3.8) is 0 Å². The Morgan fingerprint density at radius 1 is 0.978 bits per heavy atom. The molecule has 11 nitrogen and oxygen atoms in total. The Morgan fingerprint density at radius 2 is 1.85 bits per heavy atom. The van der Waals surface area contributed by atoms with E-state index in [1.54, 1.807) is 10.9 Å². The second-order valence-corrected chi connectivity index (χ2v) is 12.6. The quantitative estimate of drug-likeness (QED) is 0.121. The van der Waals surface area contributed by atoms with Gasteiger partial charge in [-0.1, -0.05) is 46.9 Å². The standard InChI is InChI=1S/C33H28N6O5S2/c40-29(36-31-35-26-8-1-2-9-27(26)45-31)24-7-3-6-21-15-18-38(20-25(21)24)32-37-30(44-33(41)42)28(46-32)10-4-19-43-23-13-11-22(12-14-23)39-17-5-16-34-39/h1-3,5-9,11-14,16-17H,4,10,15,18-20H2,(H,41,42)(H,35,36,40). The average Bonchev–Trinajstić information content (AvgIpc) is 3.83. The number of carboxylic acid groups (broad SMARTS) is 1. The normalized spacial score (nSPS) is 12.6. The minimum Gasteiger partial charge on any atom is -0.494 e. The zero-order valence-corrected chi connectivity index (χ0v) is 26.1. The molecule has 13 heteroatoms. The number of aryl methyl sites for hydroxylation is 1. The number of carbonyl (C=O) groups is 2. The molecular weight excluding hydrogens is 625 g/mol. The summed E-state index contributed by atoms with van der Waals surface area (Å²) in [6.45, 7) is 1.56. The van der Waals surface area contributed by atoms with Crippen LogP contribution in [-0.2, 0) is 19.4 Å². The van der Waals surface area contributed by atoms with Crippen LogP contribution in [0.5, 0.6) is 11.6 Å². The molecular formula is C33H28N6O5S2. The van der Waals surface area contributed by atoms with Crippen LogP contribution in [0.3, 0.4) is 0 Å². The van der Waals surface area contributed by atoms with Crippen LogP contribution in [0.4, 0.5) is 15.1 Å². The van der Waals surface area contributed by atoms with Crippen LogP contribution in [0.2, 0.25) is 0 Å². The molecule has 1 aliphatic heterocycles. The number of thiazole rings is 2. The van der Waals surface area contributed by atoms with Crippen molar-refractivity contribution in [3.05, 3.63) is 107 Å². The maximum Gasteiger partial charge on any atom is 0.512 e. The Labute approximate surface area is 271 Å². The Balaban J connectivity index is 1.02. The molecule has 1 amide bonds. The molecule has 1 aliphatic rings. The summed E-state index contributed by atoms with van der Waals surface area (Å²) in [5, 5.41) is 17.8. The average molecular weight is 653 g/mol. The monoisotopic (exact) mass is 652 g/mol. The molecule has 4 heterocycles. The van der Waals surface area contributed by atoms with Gasteiger partial charge in [0.1, 0.15) is 5.75 Å². The fourth-order valence-electron chi connectivity index (χ4n) is 5.37. The molecule has 7 rings (SSSR count). The third kappa shape index (κ3) is 6.41. The summed E-state index contributed by atoms with van der Waals surface area (Å²) >= 11 is 2.84. The van der Waals surface area contributed by atoms with Gasteiger partial charge >= 0.3 is 6.16 Å². The number of nitrogens with one attached hydrogen (secondary N) is 1. The van der Waals surface area contributed by atoms with Gasteiger partial charge < -0.3 is 19.5 Å². The lowest BCUT2D eigenvalue weighted by molar-refractivity contribution is 0.102. The van der Waals surface area contributed by atoms with Crippen LogP contribution in [-0.4, -0.2) is 50.1 Å². The van der Waals surface area contributed by atoms with Crippen LogP contribution in [0.15, 0.2) is 85.2 Å². The first-order valence-corrected chi connectivity index (χ1v) is 16.3. The molecule has 0 spiro atoms. The highest BCUT2D eigenvalue weighted by atomic mass is 32.1. The summed E-state index contributed by atoms with van der Waals surface area (Å²) < 4.78 is 13.8. The van der Waals surface area contributed by atoms with Crippen LogP contribution >= 0.6 is 22.7 Å². The lowest BCUT2D eigenvalue weighted by Gasteiger charge is -2.29. The number of ether oxygens (including phenoxy) is 2. The summed E-state index contributed by atoms with van der Waals surface area (Å²) in [6.07, 6.45) is 4.08. The number of carbonyl (C=O) groups excluding carboxylic acids is 1. The third-order valence-electron chi connectivity index (χ3n) is 7.56. The van der Waals surface area contributed by atoms with Gasteiger partial charge in [0.15, 0.2) is 10.3 Å². The summed E-state index contributed by atoms with van der Waals surface area (Å²) in [5.74, 6) is 0.602. The summed E-state index contributed by atoms with van der Waals surface area (Å²) in [4.78, 5) is 36.8. The lowest BCUT2D eigenvalue weighted by atomic mass is 9.94. The third-order valence-corrected chi connectivity index (χ3v) is 9.67. The van der Waals surface area contributed by atoms with E-state index < -0.39 is 6.16 Å². The number of amides is 1. The van der Waals surface area contributed by atoms with Gasteiger partial charge in [-0.15, -0.1) is 0 Å². The van der Waals surface area contributed by atoms with E-state index in [4.69, 9.17) is 9.47 Å². The molecule has 2 N–H and O–H groups in total. The number of anilines is 2. The van der Waals surface area contributed by atoms with E-state index >= 15 is 0 Å². The van der Waals surface area contributed by atoms with E-state index in [-0.39, 0.29) is 11.8 Å². The van der Waals surface area contributed by atoms with Gasteiger partial charge in [-0.3, -0.25) is 10.1 Å². The highest BCUT2D eigenvalue weighted by molar-refractivity contribution is 7.22. The number of para-hydroxylation sites is 1. The van der Waals surface area contributed by atoms with E-state index in [1.165, 1.54) is 22.7 Å². The first-order valence-electron chi connectivity index (χ1n) is 14.7. The van der Waals surface area contributed by atoms with E-state index in [0.29, 0.717) is 54.8 Å². The van der Waals surface area contributed by atoms with Crippen LogP contribution in [0.25, 0.3) is 15.9 Å². The fraction of sp³-hybridized carbons (Fsp3) is 0.182. The van der Waals surface area contributed by atoms with E-state index in [2.05, 4.69) is 25.3 Å². The minimum atomic E-state index is -1.41. The maximum atomic E-state index is 13.4. The molecule has 0 bridgehead atoms. The molecule has 0 saturated carbocycles. The van der Waals surface area contributed by atoms with Crippen molar-refractivity contribution < 1.29 is 24.2 Å². The van der Waals surface area contributed by atoms with Gasteiger partial charge in [0, 0.05) is 31.0 Å². The smallest absolute Gasteiger partial charge is 0.494 e. The largest absolute Gasteiger partial charge is 0.512 e. The molecule has 0 fully saturated rings. The van der Waals surface area contributed by atoms with Crippen molar-refractivity contribution in [1.82, 2.24) is 19.7 Å². The predicted octanol–water partition coefficient (Wildman–Crippen LogP) is 6.82. The van der Waals surface area contributed by atoms with Gasteiger partial charge in [0.2, 0.25) is 5.88 Å². The second kappa shape index (κ2) is 13.0. The summed E-state index contributed by atoms with van der Waals surface area (Å²) in [7, 11) is 0. The minimum absolute atomic E-state index is 0.0868. The first kappa shape index (κ1) is 29.4. The number of rotatable bonds is 10. The Morgan fingerprint density at radius 3 is 2.65 bits per heavy atom. The van der Waals surface area contributed by atoms with E-state index in [1.807, 2.05) is 79.0 Å². The Bertz CT molecular complexity index is 1970. The predicted molar refractivity (Wildman–Crippen MR) is 177 cm³/mol. The fourth-order valence-corrected chi connectivity index (χ4v) is 7.28. The second-order valence-electron chi connectivity index (χ2n) is 10.5. The van der Waals surface area contributed by atoms with Gasteiger partial charge in [-0.25, -0.2) is 14.5 Å². The highest BCUT2D eigenvalue weighted by Crippen LogP contribution is 2.36. The number of fused-ring (bicyclic) bond motifs is 2. The molecule has 46 heavy (non-hydrogen) atoms. The molecule has 0 atom stereocenters. The molecule has 3 aromatic heterocycles. The molecule has 6 aromatic rings. The zero-order chi connectivity index (χ0) is 31.5. The first-order chi connectivity index (χ1) is 22.5. The molecule has 0 unspecified atom stereocenters. The van der Waals surface area contributed by atoms with Gasteiger partial charge in [-0.05, 0) is 78.9 Å². The van der Waals surface area contributed by atoms with Crippen molar-refractivity contribution in [1.29, 1.82) is 0 Å². The van der Waals surface area contributed by atoms with Crippen LogP contribution < -0.4 is 19.7 Å².